The van der Waals surface area contributed by atoms with Crippen molar-refractivity contribution in [2.45, 2.75) is 11.8 Å². The van der Waals surface area contributed by atoms with Gasteiger partial charge in [0, 0.05) is 11.8 Å². The largest absolute Gasteiger partial charge is 0.481 e. The van der Waals surface area contributed by atoms with Gasteiger partial charge in [0.1, 0.15) is 0 Å². The lowest BCUT2D eigenvalue weighted by Crippen LogP contribution is -2.02. The normalized spacial score (nSPS) is 29.1. The van der Waals surface area contributed by atoms with Crippen molar-refractivity contribution in [1.29, 1.82) is 0 Å². The van der Waals surface area contributed by atoms with Crippen LogP contribution in [0.25, 0.3) is 10.8 Å². The number of carboxylic acids is 1. The summed E-state index contributed by atoms with van der Waals surface area (Å²) in [6.07, 6.45) is 0. The summed E-state index contributed by atoms with van der Waals surface area (Å²) in [7, 11) is 0. The van der Waals surface area contributed by atoms with Crippen LogP contribution in [0.15, 0.2) is 36.4 Å². The number of carbonyl (C=O) groups is 1. The molecule has 78 valence electrons. The first-order chi connectivity index (χ1) is 7.79. The molecule has 1 N–H and O–H groups in total. The molecule has 0 aliphatic heterocycles. The number of carboxylic acid groups (broad SMARTS) is 1. The SMILES string of the molecule is O=C(O)C1[C@H]2c3cccc4cccc(c34)[C@@H]12. The highest BCUT2D eigenvalue weighted by molar-refractivity contribution is 5.97. The van der Waals surface area contributed by atoms with E-state index < -0.39 is 5.97 Å². The van der Waals surface area contributed by atoms with Crippen LogP contribution in [-0.2, 0) is 4.79 Å². The fraction of sp³-hybridized carbons (Fsp3) is 0.214. The molecule has 0 bridgehead atoms. The molecular formula is C14H10O2. The number of aliphatic carboxylic acids is 1. The van der Waals surface area contributed by atoms with E-state index in [1.165, 1.54) is 21.9 Å². The maximum absolute atomic E-state index is 11.1. The van der Waals surface area contributed by atoms with Gasteiger partial charge in [0.25, 0.3) is 0 Å². The van der Waals surface area contributed by atoms with Gasteiger partial charge in [0.05, 0.1) is 5.92 Å². The van der Waals surface area contributed by atoms with Crippen LogP contribution in [-0.4, -0.2) is 11.1 Å². The standard InChI is InChI=1S/C14H10O2/c15-14(16)13-11-8-5-1-3-7-4-2-6-9(10(7)8)12(11)13/h1-6,11-13H,(H,15,16)/t11-,12+,13?. The lowest BCUT2D eigenvalue weighted by atomic mass is 9.98. The molecule has 2 aromatic carbocycles. The molecule has 2 aromatic rings. The highest BCUT2D eigenvalue weighted by atomic mass is 16.4. The van der Waals surface area contributed by atoms with Gasteiger partial charge in [-0.25, -0.2) is 0 Å². The van der Waals surface area contributed by atoms with Crippen LogP contribution in [0.5, 0.6) is 0 Å². The molecule has 0 spiro atoms. The Morgan fingerprint density at radius 2 is 1.56 bits per heavy atom. The second kappa shape index (κ2) is 2.46. The van der Waals surface area contributed by atoms with E-state index in [2.05, 4.69) is 24.3 Å². The quantitative estimate of drug-likeness (QED) is 0.785. The van der Waals surface area contributed by atoms with Gasteiger partial charge in [0.2, 0.25) is 0 Å². The van der Waals surface area contributed by atoms with Gasteiger partial charge in [-0.15, -0.1) is 0 Å². The van der Waals surface area contributed by atoms with Crippen molar-refractivity contribution in [3.8, 4) is 0 Å². The van der Waals surface area contributed by atoms with E-state index >= 15 is 0 Å². The summed E-state index contributed by atoms with van der Waals surface area (Å²) in [5.41, 5.74) is 2.48. The van der Waals surface area contributed by atoms with Crippen molar-refractivity contribution in [3.05, 3.63) is 47.5 Å². The van der Waals surface area contributed by atoms with Crippen LogP contribution in [0.1, 0.15) is 23.0 Å². The van der Waals surface area contributed by atoms with E-state index in [0.717, 1.165) is 0 Å². The Labute approximate surface area is 92.5 Å². The third-order valence-corrected chi connectivity index (χ3v) is 3.99. The molecule has 2 heteroatoms. The van der Waals surface area contributed by atoms with Gasteiger partial charge in [0.15, 0.2) is 0 Å². The number of benzene rings is 2. The first-order valence-electron chi connectivity index (χ1n) is 5.53. The summed E-state index contributed by atoms with van der Waals surface area (Å²) in [5, 5.41) is 11.7. The summed E-state index contributed by atoms with van der Waals surface area (Å²) in [4.78, 5) is 11.1. The molecule has 0 aromatic heterocycles. The van der Waals surface area contributed by atoms with Gasteiger partial charge in [-0.3, -0.25) is 4.79 Å². The summed E-state index contributed by atoms with van der Waals surface area (Å²) < 4.78 is 0. The molecule has 2 aliphatic carbocycles. The molecule has 1 fully saturated rings. The molecule has 16 heavy (non-hydrogen) atoms. The zero-order valence-electron chi connectivity index (χ0n) is 8.55. The number of hydrogen-bond donors (Lipinski definition) is 1. The molecule has 1 unspecified atom stereocenters. The van der Waals surface area contributed by atoms with E-state index in [4.69, 9.17) is 5.11 Å². The zero-order valence-corrected chi connectivity index (χ0v) is 8.55. The van der Waals surface area contributed by atoms with Gasteiger partial charge >= 0.3 is 5.97 Å². The van der Waals surface area contributed by atoms with Gasteiger partial charge in [-0.05, 0) is 21.9 Å². The van der Waals surface area contributed by atoms with E-state index in [1.807, 2.05) is 12.1 Å². The average molecular weight is 210 g/mol. The predicted octanol–water partition coefficient (Wildman–Crippen LogP) is 2.74. The third-order valence-electron chi connectivity index (χ3n) is 3.99. The van der Waals surface area contributed by atoms with Crippen LogP contribution in [0.3, 0.4) is 0 Å². The minimum atomic E-state index is -0.651. The van der Waals surface area contributed by atoms with E-state index in [0.29, 0.717) is 0 Å². The van der Waals surface area contributed by atoms with Crippen molar-refractivity contribution in [2.75, 3.05) is 0 Å². The molecule has 0 saturated heterocycles. The van der Waals surface area contributed by atoms with E-state index in [1.54, 1.807) is 0 Å². The fourth-order valence-electron chi connectivity index (χ4n) is 3.35. The Hall–Kier alpha value is -1.83. The summed E-state index contributed by atoms with van der Waals surface area (Å²) in [5.74, 6) is -0.362. The molecule has 2 aliphatic rings. The maximum atomic E-state index is 11.1. The summed E-state index contributed by atoms with van der Waals surface area (Å²) >= 11 is 0. The van der Waals surface area contributed by atoms with Crippen molar-refractivity contribution in [3.63, 3.8) is 0 Å². The molecule has 0 radical (unpaired) electrons. The molecule has 1 saturated carbocycles. The Bertz CT molecular complexity index is 585. The molecule has 2 nitrogen and oxygen atoms in total. The second-order valence-electron chi connectivity index (χ2n) is 4.71. The highest BCUT2D eigenvalue weighted by Gasteiger charge is 2.60. The van der Waals surface area contributed by atoms with Crippen molar-refractivity contribution in [1.82, 2.24) is 0 Å². The lowest BCUT2D eigenvalue weighted by molar-refractivity contribution is -0.138. The molecule has 3 atom stereocenters. The Morgan fingerprint density at radius 1 is 1.00 bits per heavy atom. The Kier molecular flexibility index (Phi) is 1.28. The average Bonchev–Trinajstić information content (AvgIpc) is 2.95. The Balaban J connectivity index is 2.02. The van der Waals surface area contributed by atoms with E-state index in [9.17, 15) is 4.79 Å². The number of hydrogen-bond acceptors (Lipinski definition) is 1. The maximum Gasteiger partial charge on any atom is 0.307 e. The summed E-state index contributed by atoms with van der Waals surface area (Å²) in [6, 6.07) is 12.4. The summed E-state index contributed by atoms with van der Waals surface area (Å²) in [6.45, 7) is 0. The van der Waals surface area contributed by atoms with Crippen LogP contribution in [0.4, 0.5) is 0 Å². The second-order valence-corrected chi connectivity index (χ2v) is 4.71. The van der Waals surface area contributed by atoms with Crippen molar-refractivity contribution >= 4 is 16.7 Å². The van der Waals surface area contributed by atoms with Crippen molar-refractivity contribution in [2.24, 2.45) is 5.92 Å². The first-order valence-corrected chi connectivity index (χ1v) is 5.53. The number of fused-ring (bicyclic) bond motifs is 3. The fourth-order valence-corrected chi connectivity index (χ4v) is 3.35. The van der Waals surface area contributed by atoms with Gasteiger partial charge < -0.3 is 5.11 Å². The van der Waals surface area contributed by atoms with Crippen LogP contribution >= 0.6 is 0 Å². The topological polar surface area (TPSA) is 37.3 Å². The minimum Gasteiger partial charge on any atom is -0.481 e. The predicted molar refractivity (Wildman–Crippen MR) is 60.6 cm³/mol. The van der Waals surface area contributed by atoms with Crippen LogP contribution < -0.4 is 0 Å². The highest BCUT2D eigenvalue weighted by Crippen LogP contribution is 2.67. The monoisotopic (exact) mass is 210 g/mol. The Morgan fingerprint density at radius 3 is 2.06 bits per heavy atom. The molecule has 0 heterocycles. The zero-order chi connectivity index (χ0) is 10.9. The minimum absolute atomic E-state index is 0.180. The van der Waals surface area contributed by atoms with E-state index in [-0.39, 0.29) is 17.8 Å². The van der Waals surface area contributed by atoms with Crippen LogP contribution in [0, 0.1) is 5.92 Å². The molecule has 4 rings (SSSR count). The van der Waals surface area contributed by atoms with Crippen LogP contribution in [0.2, 0.25) is 0 Å². The third kappa shape index (κ3) is 0.778. The van der Waals surface area contributed by atoms with Gasteiger partial charge in [-0.2, -0.15) is 0 Å². The first kappa shape index (κ1) is 8.34. The van der Waals surface area contributed by atoms with Crippen molar-refractivity contribution < 1.29 is 9.90 Å². The lowest BCUT2D eigenvalue weighted by Gasteiger charge is -2.06. The van der Waals surface area contributed by atoms with Gasteiger partial charge in [-0.1, -0.05) is 36.4 Å². The number of rotatable bonds is 1. The smallest absolute Gasteiger partial charge is 0.307 e. The molecular weight excluding hydrogens is 200 g/mol. The molecule has 0 amide bonds.